The van der Waals surface area contributed by atoms with E-state index in [1.54, 1.807) is 6.07 Å². The maximum Gasteiger partial charge on any atom is 0.420 e. The van der Waals surface area contributed by atoms with Gasteiger partial charge >= 0.3 is 11.7 Å². The predicted octanol–water partition coefficient (Wildman–Crippen LogP) is 3.45. The van der Waals surface area contributed by atoms with Gasteiger partial charge in [0, 0.05) is 5.69 Å². The Morgan fingerprint density at radius 3 is 2.64 bits per heavy atom. The minimum absolute atomic E-state index is 0.199. The fourth-order valence-corrected chi connectivity index (χ4v) is 3.13. The third-order valence-electron chi connectivity index (χ3n) is 4.58. The molecule has 0 bridgehead atoms. The summed E-state index contributed by atoms with van der Waals surface area (Å²) in [7, 11) is 1.27. The lowest BCUT2D eigenvalue weighted by atomic mass is 9.98. The van der Waals surface area contributed by atoms with Crippen molar-refractivity contribution in [1.82, 2.24) is 4.57 Å². The Morgan fingerprint density at radius 2 is 1.96 bits per heavy atom. The van der Waals surface area contributed by atoms with Gasteiger partial charge in [0.25, 0.3) is 0 Å². The number of benzene rings is 2. The summed E-state index contributed by atoms with van der Waals surface area (Å²) in [5, 5.41) is 2.91. The maximum atomic E-state index is 12.6. The molecule has 0 spiro atoms. The molecule has 146 valence electrons. The second kappa shape index (κ2) is 7.72. The number of para-hydroxylation sites is 1. The molecule has 1 heterocycles. The van der Waals surface area contributed by atoms with Crippen LogP contribution < -0.4 is 11.1 Å². The molecule has 1 amide bonds. The second-order valence-corrected chi connectivity index (χ2v) is 6.87. The number of carbonyl (C=O) groups is 2. The molecule has 7 heteroatoms. The zero-order valence-electron chi connectivity index (χ0n) is 16.2. The molecule has 0 atom stereocenters. The molecule has 0 unspecified atom stereocenters. The second-order valence-electron chi connectivity index (χ2n) is 6.87. The van der Waals surface area contributed by atoms with E-state index < -0.39 is 11.7 Å². The molecule has 0 aliphatic carbocycles. The molecule has 0 saturated heterocycles. The summed E-state index contributed by atoms with van der Waals surface area (Å²) >= 11 is 0. The number of amides is 1. The molecule has 7 nitrogen and oxygen atoms in total. The van der Waals surface area contributed by atoms with Gasteiger partial charge in [0.1, 0.15) is 6.54 Å². The molecule has 0 aliphatic heterocycles. The summed E-state index contributed by atoms with van der Waals surface area (Å²) < 4.78 is 11.1. The van der Waals surface area contributed by atoms with Crippen LogP contribution in [0.1, 0.15) is 41.3 Å². The molecular formula is C21H22N2O5. The van der Waals surface area contributed by atoms with E-state index >= 15 is 0 Å². The van der Waals surface area contributed by atoms with E-state index in [1.807, 2.05) is 25.1 Å². The first-order valence-corrected chi connectivity index (χ1v) is 8.93. The highest BCUT2D eigenvalue weighted by atomic mass is 16.5. The number of oxazole rings is 1. The highest BCUT2D eigenvalue weighted by molar-refractivity contribution is 5.95. The van der Waals surface area contributed by atoms with Gasteiger partial charge in [-0.3, -0.25) is 9.36 Å². The molecule has 0 saturated carbocycles. The van der Waals surface area contributed by atoms with E-state index in [-0.39, 0.29) is 29.5 Å². The van der Waals surface area contributed by atoms with E-state index in [4.69, 9.17) is 4.42 Å². The number of carbonyl (C=O) groups excluding carboxylic acids is 2. The number of aromatic nitrogens is 1. The summed E-state index contributed by atoms with van der Waals surface area (Å²) in [6.07, 6.45) is 0. The summed E-state index contributed by atoms with van der Waals surface area (Å²) in [6.45, 7) is 5.83. The van der Waals surface area contributed by atoms with Crippen molar-refractivity contribution in [2.45, 2.75) is 33.2 Å². The number of hydrogen-bond donors (Lipinski definition) is 1. The van der Waals surface area contributed by atoms with Crippen LogP contribution >= 0.6 is 0 Å². The van der Waals surface area contributed by atoms with Crippen molar-refractivity contribution < 1.29 is 18.7 Å². The van der Waals surface area contributed by atoms with E-state index in [2.05, 4.69) is 23.9 Å². The van der Waals surface area contributed by atoms with Crippen molar-refractivity contribution in [1.29, 1.82) is 0 Å². The number of fused-ring (bicyclic) bond motifs is 1. The van der Waals surface area contributed by atoms with Gasteiger partial charge in [-0.25, -0.2) is 9.59 Å². The van der Waals surface area contributed by atoms with Crippen molar-refractivity contribution in [3.05, 3.63) is 63.6 Å². The zero-order chi connectivity index (χ0) is 20.4. The Labute approximate surface area is 161 Å². The van der Waals surface area contributed by atoms with Crippen LogP contribution in [-0.4, -0.2) is 23.6 Å². The molecule has 0 radical (unpaired) electrons. The first kappa shape index (κ1) is 19.4. The third kappa shape index (κ3) is 3.69. The molecule has 0 aliphatic rings. The summed E-state index contributed by atoms with van der Waals surface area (Å²) in [5.41, 5.74) is 3.66. The van der Waals surface area contributed by atoms with Gasteiger partial charge in [-0.15, -0.1) is 0 Å². The minimum atomic E-state index is -0.666. The molecule has 1 N–H and O–H groups in total. The molecular weight excluding hydrogens is 360 g/mol. The van der Waals surface area contributed by atoms with Crippen molar-refractivity contribution in [3.8, 4) is 0 Å². The smallest absolute Gasteiger partial charge is 0.420 e. The Hall–Kier alpha value is -3.35. The van der Waals surface area contributed by atoms with E-state index in [1.165, 1.54) is 23.8 Å². The van der Waals surface area contributed by atoms with Crippen molar-refractivity contribution in [2.75, 3.05) is 12.4 Å². The fraction of sp³-hybridized carbons (Fsp3) is 0.286. The summed E-state index contributed by atoms with van der Waals surface area (Å²) in [5.74, 6) is -1.29. The SMILES string of the molecule is COC(=O)c1ccc2c(c1)oc(=O)n2CC(=O)Nc1c(C)cccc1C(C)C. The Bertz CT molecular complexity index is 1110. The topological polar surface area (TPSA) is 90.5 Å². The highest BCUT2D eigenvalue weighted by Gasteiger charge is 2.17. The van der Waals surface area contributed by atoms with E-state index in [0.717, 1.165) is 16.8 Å². The lowest BCUT2D eigenvalue weighted by molar-refractivity contribution is -0.116. The van der Waals surface area contributed by atoms with Gasteiger partial charge in [-0.2, -0.15) is 0 Å². The molecule has 3 aromatic rings. The van der Waals surface area contributed by atoms with Gasteiger partial charge < -0.3 is 14.5 Å². The molecule has 28 heavy (non-hydrogen) atoms. The standard InChI is InChI=1S/C21H22N2O5/c1-12(2)15-7-5-6-13(3)19(15)22-18(24)11-23-16-9-8-14(20(25)27-4)10-17(16)28-21(23)26/h5-10,12H,11H2,1-4H3,(H,22,24). The first-order valence-electron chi connectivity index (χ1n) is 8.93. The van der Waals surface area contributed by atoms with Crippen molar-refractivity contribution >= 4 is 28.7 Å². The number of anilines is 1. The zero-order valence-corrected chi connectivity index (χ0v) is 16.2. The largest absolute Gasteiger partial charge is 0.465 e. The van der Waals surface area contributed by atoms with Gasteiger partial charge in [0.2, 0.25) is 5.91 Å². The third-order valence-corrected chi connectivity index (χ3v) is 4.58. The number of hydrogen-bond acceptors (Lipinski definition) is 5. The average Bonchev–Trinajstić information content (AvgIpc) is 2.97. The number of aryl methyl sites for hydroxylation is 1. The maximum absolute atomic E-state index is 12.6. The van der Waals surface area contributed by atoms with Crippen LogP contribution in [0, 0.1) is 6.92 Å². The van der Waals surface area contributed by atoms with Crippen LogP contribution in [0.5, 0.6) is 0 Å². The molecule has 2 aromatic carbocycles. The minimum Gasteiger partial charge on any atom is -0.465 e. The first-order chi connectivity index (χ1) is 13.3. The quantitative estimate of drug-likeness (QED) is 0.683. The average molecular weight is 382 g/mol. The molecule has 0 fully saturated rings. The lowest BCUT2D eigenvalue weighted by Crippen LogP contribution is -2.25. The Kier molecular flexibility index (Phi) is 5.35. The normalized spacial score (nSPS) is 11.0. The van der Waals surface area contributed by atoms with Crippen LogP contribution in [0.4, 0.5) is 5.69 Å². The number of esters is 1. The number of methoxy groups -OCH3 is 1. The lowest BCUT2D eigenvalue weighted by Gasteiger charge is -2.16. The van der Waals surface area contributed by atoms with E-state index in [9.17, 15) is 14.4 Å². The van der Waals surface area contributed by atoms with Gasteiger partial charge in [0.15, 0.2) is 5.58 Å². The van der Waals surface area contributed by atoms with Crippen molar-refractivity contribution in [2.24, 2.45) is 0 Å². The highest BCUT2D eigenvalue weighted by Crippen LogP contribution is 2.27. The fourth-order valence-electron chi connectivity index (χ4n) is 3.13. The van der Waals surface area contributed by atoms with Gasteiger partial charge in [0.05, 0.1) is 18.2 Å². The van der Waals surface area contributed by atoms with Crippen LogP contribution in [0.25, 0.3) is 11.1 Å². The van der Waals surface area contributed by atoms with Crippen LogP contribution in [-0.2, 0) is 16.1 Å². The van der Waals surface area contributed by atoms with Crippen LogP contribution in [0.3, 0.4) is 0 Å². The molecule has 3 rings (SSSR count). The van der Waals surface area contributed by atoms with Crippen LogP contribution in [0.15, 0.2) is 45.6 Å². The molecule has 1 aromatic heterocycles. The Balaban J connectivity index is 1.89. The monoisotopic (exact) mass is 382 g/mol. The number of rotatable bonds is 5. The summed E-state index contributed by atoms with van der Waals surface area (Å²) in [6, 6.07) is 10.4. The summed E-state index contributed by atoms with van der Waals surface area (Å²) in [4.78, 5) is 36.5. The van der Waals surface area contributed by atoms with Gasteiger partial charge in [-0.05, 0) is 42.2 Å². The number of ether oxygens (including phenoxy) is 1. The van der Waals surface area contributed by atoms with E-state index in [0.29, 0.717) is 5.52 Å². The van der Waals surface area contributed by atoms with Gasteiger partial charge in [-0.1, -0.05) is 32.0 Å². The Morgan fingerprint density at radius 1 is 1.21 bits per heavy atom. The number of nitrogens with zero attached hydrogens (tertiary/aromatic N) is 1. The van der Waals surface area contributed by atoms with Crippen molar-refractivity contribution in [3.63, 3.8) is 0 Å². The van der Waals surface area contributed by atoms with Crippen LogP contribution in [0.2, 0.25) is 0 Å². The predicted molar refractivity (Wildman–Crippen MR) is 106 cm³/mol. The number of nitrogens with one attached hydrogen (secondary N) is 1.